The molecule has 1 spiro atoms. The number of hydrogen-bond acceptors (Lipinski definition) is 6. The second-order valence-corrected chi connectivity index (χ2v) is 10.2. The number of ether oxygens (including phenoxy) is 3. The van der Waals surface area contributed by atoms with Gasteiger partial charge in [-0.25, -0.2) is 0 Å². The molecule has 35 heavy (non-hydrogen) atoms. The van der Waals surface area contributed by atoms with Gasteiger partial charge in [0.1, 0.15) is 5.75 Å². The fourth-order valence-corrected chi connectivity index (χ4v) is 5.59. The Balaban J connectivity index is 1.56. The first-order chi connectivity index (χ1) is 16.9. The third-order valence-electron chi connectivity index (χ3n) is 7.40. The Labute approximate surface area is 209 Å². The summed E-state index contributed by atoms with van der Waals surface area (Å²) in [4.78, 5) is 31.0. The van der Waals surface area contributed by atoms with E-state index in [1.807, 2.05) is 28.0 Å². The maximum Gasteiger partial charge on any atom is 0.271 e. The lowest BCUT2D eigenvalue weighted by Crippen LogP contribution is -2.58. The molecule has 3 aliphatic heterocycles. The van der Waals surface area contributed by atoms with Crippen LogP contribution in [0.2, 0.25) is 0 Å². The molecular weight excluding hydrogens is 446 g/mol. The van der Waals surface area contributed by atoms with Crippen LogP contribution in [-0.4, -0.2) is 81.0 Å². The molecule has 0 aromatic heterocycles. The number of fused-ring (bicyclic) bond motifs is 1. The molecule has 8 heteroatoms. The first-order valence-electron chi connectivity index (χ1n) is 13.2. The van der Waals surface area contributed by atoms with Crippen molar-refractivity contribution in [2.24, 2.45) is 0 Å². The largest absolute Gasteiger partial charge is 0.475 e. The summed E-state index contributed by atoms with van der Waals surface area (Å²) < 4.78 is 17.1. The van der Waals surface area contributed by atoms with Gasteiger partial charge in [0.25, 0.3) is 5.91 Å². The number of unbranched alkanes of at least 4 members (excludes halogenated alkanes) is 1. The van der Waals surface area contributed by atoms with Crippen LogP contribution in [0.15, 0.2) is 18.2 Å². The van der Waals surface area contributed by atoms with Crippen molar-refractivity contribution in [2.45, 2.75) is 76.5 Å². The lowest BCUT2D eigenvalue weighted by molar-refractivity contribution is -0.144. The highest BCUT2D eigenvalue weighted by atomic mass is 16.5. The van der Waals surface area contributed by atoms with Crippen LogP contribution < -0.4 is 15.0 Å². The molecule has 2 amide bonds. The average molecular weight is 488 g/mol. The number of nitrogens with one attached hydrogen (secondary N) is 1. The van der Waals surface area contributed by atoms with Gasteiger partial charge in [-0.1, -0.05) is 6.07 Å². The fourth-order valence-electron chi connectivity index (χ4n) is 5.59. The van der Waals surface area contributed by atoms with Crippen LogP contribution in [0.4, 0.5) is 5.69 Å². The topological polar surface area (TPSA) is 80.3 Å². The minimum Gasteiger partial charge on any atom is -0.475 e. The number of nitrogens with zero attached hydrogens (tertiary/aromatic N) is 2. The first kappa shape index (κ1) is 25.9. The van der Waals surface area contributed by atoms with Crippen molar-refractivity contribution in [1.29, 1.82) is 0 Å². The van der Waals surface area contributed by atoms with E-state index in [4.69, 9.17) is 14.2 Å². The molecule has 3 heterocycles. The standard InChI is InChI=1S/C27H41N3O5/c1-20(2)30(22-7-6-12-28-19-22)25(31)18-21-8-9-24-23(17-21)29(13-4-5-14-33-3)26(32)27(35-24)10-15-34-16-11-27/h8-9,17,20,22,28H,4-7,10-16,18-19H2,1-3H3/t22-/m1/s1. The van der Waals surface area contributed by atoms with Gasteiger partial charge in [-0.3, -0.25) is 9.59 Å². The van der Waals surface area contributed by atoms with Crippen molar-refractivity contribution in [2.75, 3.05) is 51.5 Å². The van der Waals surface area contributed by atoms with E-state index in [1.165, 1.54) is 0 Å². The van der Waals surface area contributed by atoms with Gasteiger partial charge in [-0.05, 0) is 63.8 Å². The van der Waals surface area contributed by atoms with Gasteiger partial charge in [0, 0.05) is 51.7 Å². The average Bonchev–Trinajstić information content (AvgIpc) is 2.85. The Kier molecular flexibility index (Phi) is 8.68. The molecule has 0 unspecified atom stereocenters. The van der Waals surface area contributed by atoms with E-state index in [-0.39, 0.29) is 23.9 Å². The minimum atomic E-state index is -0.855. The Morgan fingerprint density at radius 3 is 2.77 bits per heavy atom. The molecule has 1 aromatic rings. The van der Waals surface area contributed by atoms with E-state index in [0.29, 0.717) is 51.4 Å². The van der Waals surface area contributed by atoms with Gasteiger partial charge >= 0.3 is 0 Å². The van der Waals surface area contributed by atoms with E-state index in [1.54, 1.807) is 7.11 Å². The van der Waals surface area contributed by atoms with Crippen molar-refractivity contribution in [1.82, 2.24) is 10.2 Å². The van der Waals surface area contributed by atoms with Crippen molar-refractivity contribution in [3.05, 3.63) is 23.8 Å². The normalized spacial score (nSPS) is 21.7. The van der Waals surface area contributed by atoms with Crippen molar-refractivity contribution >= 4 is 17.5 Å². The molecule has 3 aliphatic rings. The quantitative estimate of drug-likeness (QED) is 0.540. The molecule has 0 saturated carbocycles. The summed E-state index contributed by atoms with van der Waals surface area (Å²) in [6.45, 7) is 8.34. The van der Waals surface area contributed by atoms with Crippen LogP contribution in [0.5, 0.6) is 5.75 Å². The van der Waals surface area contributed by atoms with Gasteiger partial charge in [0.05, 0.1) is 25.3 Å². The molecule has 2 fully saturated rings. The Morgan fingerprint density at radius 2 is 2.09 bits per heavy atom. The number of piperidine rings is 1. The summed E-state index contributed by atoms with van der Waals surface area (Å²) in [7, 11) is 1.69. The molecule has 4 rings (SSSR count). The molecule has 8 nitrogen and oxygen atoms in total. The van der Waals surface area contributed by atoms with E-state index in [2.05, 4.69) is 19.2 Å². The molecule has 1 N–H and O–H groups in total. The van der Waals surface area contributed by atoms with E-state index in [9.17, 15) is 9.59 Å². The number of anilines is 1. The van der Waals surface area contributed by atoms with Gasteiger partial charge < -0.3 is 29.3 Å². The van der Waals surface area contributed by atoms with Crippen LogP contribution >= 0.6 is 0 Å². The number of carbonyl (C=O) groups excluding carboxylic acids is 2. The molecule has 2 saturated heterocycles. The van der Waals surface area contributed by atoms with Crippen molar-refractivity contribution in [3.63, 3.8) is 0 Å². The second-order valence-electron chi connectivity index (χ2n) is 10.2. The van der Waals surface area contributed by atoms with Gasteiger partial charge in [0.15, 0.2) is 5.60 Å². The van der Waals surface area contributed by atoms with Crippen LogP contribution in [0.1, 0.15) is 57.9 Å². The molecule has 194 valence electrons. The third-order valence-corrected chi connectivity index (χ3v) is 7.40. The van der Waals surface area contributed by atoms with Gasteiger partial charge in [-0.2, -0.15) is 0 Å². The Morgan fingerprint density at radius 1 is 1.29 bits per heavy atom. The molecule has 0 bridgehead atoms. The van der Waals surface area contributed by atoms with Crippen LogP contribution in [-0.2, 0) is 25.5 Å². The predicted molar refractivity (Wildman–Crippen MR) is 135 cm³/mol. The van der Waals surface area contributed by atoms with Crippen LogP contribution in [0, 0.1) is 0 Å². The summed E-state index contributed by atoms with van der Waals surface area (Å²) in [6.07, 6.45) is 5.26. The maximum absolute atomic E-state index is 13.7. The summed E-state index contributed by atoms with van der Waals surface area (Å²) >= 11 is 0. The zero-order chi connectivity index (χ0) is 24.8. The molecule has 1 aromatic carbocycles. The highest BCUT2D eigenvalue weighted by molar-refractivity contribution is 6.03. The lowest BCUT2D eigenvalue weighted by Gasteiger charge is -2.44. The molecule has 1 atom stereocenters. The number of amides is 2. The van der Waals surface area contributed by atoms with Crippen molar-refractivity contribution in [3.8, 4) is 5.75 Å². The highest BCUT2D eigenvalue weighted by Gasteiger charge is 2.49. The summed E-state index contributed by atoms with van der Waals surface area (Å²) in [5.41, 5.74) is 0.821. The predicted octanol–water partition coefficient (Wildman–Crippen LogP) is 2.92. The summed E-state index contributed by atoms with van der Waals surface area (Å²) in [6, 6.07) is 6.25. The summed E-state index contributed by atoms with van der Waals surface area (Å²) in [5.74, 6) is 0.849. The van der Waals surface area contributed by atoms with E-state index in [0.717, 1.165) is 50.0 Å². The van der Waals surface area contributed by atoms with E-state index >= 15 is 0 Å². The molecule has 0 aliphatic carbocycles. The second kappa shape index (κ2) is 11.7. The first-order valence-corrected chi connectivity index (χ1v) is 13.2. The monoisotopic (exact) mass is 487 g/mol. The zero-order valence-electron chi connectivity index (χ0n) is 21.5. The Bertz CT molecular complexity index is 878. The number of benzene rings is 1. The van der Waals surface area contributed by atoms with Gasteiger partial charge in [0.2, 0.25) is 5.91 Å². The van der Waals surface area contributed by atoms with Crippen LogP contribution in [0.25, 0.3) is 0 Å². The minimum absolute atomic E-state index is 0.00582. The van der Waals surface area contributed by atoms with Crippen molar-refractivity contribution < 1.29 is 23.8 Å². The fraction of sp³-hybridized carbons (Fsp3) is 0.704. The lowest BCUT2D eigenvalue weighted by atomic mass is 9.89. The third kappa shape index (κ3) is 5.81. The van der Waals surface area contributed by atoms with E-state index < -0.39 is 5.60 Å². The zero-order valence-corrected chi connectivity index (χ0v) is 21.5. The number of hydrogen-bond donors (Lipinski definition) is 1. The summed E-state index contributed by atoms with van der Waals surface area (Å²) in [5, 5.41) is 3.42. The number of methoxy groups -OCH3 is 1. The Hall–Kier alpha value is -2.16. The van der Waals surface area contributed by atoms with Crippen LogP contribution in [0.3, 0.4) is 0 Å². The van der Waals surface area contributed by atoms with Gasteiger partial charge in [-0.15, -0.1) is 0 Å². The number of carbonyl (C=O) groups is 2. The smallest absolute Gasteiger partial charge is 0.271 e. The number of rotatable bonds is 9. The highest BCUT2D eigenvalue weighted by Crippen LogP contribution is 2.42. The maximum atomic E-state index is 13.7. The SMILES string of the molecule is COCCCCN1C(=O)C2(CCOCC2)Oc2ccc(CC(=O)N(C(C)C)[C@@H]3CCCNC3)cc21. The molecule has 0 radical (unpaired) electrons. The molecular formula is C27H41N3O5.